The molecule has 0 fully saturated rings. The van der Waals surface area contributed by atoms with Crippen molar-refractivity contribution in [3.05, 3.63) is 53.6 Å². The number of rotatable bonds is 9. The first-order chi connectivity index (χ1) is 13.0. The van der Waals surface area contributed by atoms with Crippen molar-refractivity contribution in [1.82, 2.24) is 4.90 Å². The predicted molar refractivity (Wildman–Crippen MR) is 99.8 cm³/mol. The monoisotopic (exact) mass is 373 g/mol. The van der Waals surface area contributed by atoms with Crippen LogP contribution in [0.5, 0.6) is 17.2 Å². The minimum Gasteiger partial charge on any atom is -0.493 e. The molecule has 0 aliphatic rings. The number of methoxy groups -OCH3 is 3. The number of benzene rings is 2. The van der Waals surface area contributed by atoms with E-state index in [9.17, 15) is 14.7 Å². The van der Waals surface area contributed by atoms with Crippen LogP contribution in [-0.4, -0.2) is 56.3 Å². The van der Waals surface area contributed by atoms with Gasteiger partial charge in [-0.2, -0.15) is 0 Å². The first kappa shape index (κ1) is 20.1. The number of hydrogen-bond donors (Lipinski definition) is 1. The van der Waals surface area contributed by atoms with Crippen molar-refractivity contribution in [2.24, 2.45) is 0 Å². The van der Waals surface area contributed by atoms with Gasteiger partial charge >= 0.3 is 5.97 Å². The van der Waals surface area contributed by atoms with Crippen molar-refractivity contribution < 1.29 is 28.9 Å². The van der Waals surface area contributed by atoms with Crippen molar-refractivity contribution in [3.8, 4) is 17.2 Å². The summed E-state index contributed by atoms with van der Waals surface area (Å²) in [7, 11) is 4.38. The average Bonchev–Trinajstić information content (AvgIpc) is 2.69. The minimum absolute atomic E-state index is 0.263. The lowest BCUT2D eigenvalue weighted by Crippen LogP contribution is -2.37. The smallest absolute Gasteiger partial charge is 0.323 e. The van der Waals surface area contributed by atoms with Crippen LogP contribution in [-0.2, 0) is 11.2 Å². The summed E-state index contributed by atoms with van der Waals surface area (Å²) in [5.41, 5.74) is 1.28. The van der Waals surface area contributed by atoms with Gasteiger partial charge in [-0.3, -0.25) is 9.59 Å². The summed E-state index contributed by atoms with van der Waals surface area (Å²) in [5, 5.41) is 9.20. The summed E-state index contributed by atoms with van der Waals surface area (Å²) in [6.45, 7) is -0.131. The molecule has 2 rings (SSSR count). The number of carboxylic acids is 1. The normalized spacial score (nSPS) is 10.2. The number of amides is 1. The highest BCUT2D eigenvalue weighted by Gasteiger charge is 2.22. The van der Waals surface area contributed by atoms with Crippen LogP contribution in [0.15, 0.2) is 42.5 Å². The largest absolute Gasteiger partial charge is 0.493 e. The van der Waals surface area contributed by atoms with E-state index in [2.05, 4.69) is 0 Å². The molecule has 0 unspecified atom stereocenters. The van der Waals surface area contributed by atoms with Crippen molar-refractivity contribution in [3.63, 3.8) is 0 Å². The topological polar surface area (TPSA) is 85.3 Å². The predicted octanol–water partition coefficient (Wildman–Crippen LogP) is 2.48. The Bertz CT molecular complexity index is 765. The molecule has 0 aliphatic carbocycles. The second-order valence-corrected chi connectivity index (χ2v) is 5.77. The van der Waals surface area contributed by atoms with Gasteiger partial charge in [0.15, 0.2) is 11.5 Å². The second kappa shape index (κ2) is 9.47. The molecule has 0 aromatic heterocycles. The van der Waals surface area contributed by atoms with Crippen LogP contribution in [0, 0.1) is 0 Å². The number of carboxylic acid groups (broad SMARTS) is 1. The molecule has 7 nitrogen and oxygen atoms in total. The Labute approximate surface area is 158 Å². The van der Waals surface area contributed by atoms with Crippen LogP contribution >= 0.6 is 0 Å². The third kappa shape index (κ3) is 5.13. The zero-order chi connectivity index (χ0) is 19.8. The zero-order valence-electron chi connectivity index (χ0n) is 15.6. The fraction of sp³-hybridized carbons (Fsp3) is 0.300. The number of hydrogen-bond acceptors (Lipinski definition) is 5. The lowest BCUT2D eigenvalue weighted by atomic mass is 10.1. The molecule has 0 aliphatic heterocycles. The summed E-state index contributed by atoms with van der Waals surface area (Å²) >= 11 is 0. The van der Waals surface area contributed by atoms with Gasteiger partial charge in [-0.15, -0.1) is 0 Å². The van der Waals surface area contributed by atoms with E-state index in [0.717, 1.165) is 5.56 Å². The maximum atomic E-state index is 12.9. The summed E-state index contributed by atoms with van der Waals surface area (Å²) in [5.74, 6) is -0.473. The van der Waals surface area contributed by atoms with Gasteiger partial charge in [0.2, 0.25) is 5.75 Å². The highest BCUT2D eigenvalue weighted by Crippen LogP contribution is 2.38. The number of carbonyl (C=O) groups is 2. The number of aliphatic carboxylic acids is 1. The van der Waals surface area contributed by atoms with Gasteiger partial charge in [-0.05, 0) is 24.1 Å². The Kier molecular flexibility index (Phi) is 7.05. The number of ether oxygens (including phenoxy) is 3. The standard InChI is InChI=1S/C20H23NO6/c1-25-16-11-15(12-17(26-2)19(16)27-3)20(24)21(13-18(22)23)10-9-14-7-5-4-6-8-14/h4-8,11-12H,9-10,13H2,1-3H3,(H,22,23). The molecule has 7 heteroatoms. The molecule has 144 valence electrons. The van der Waals surface area contributed by atoms with Crippen LogP contribution in [0.2, 0.25) is 0 Å². The molecular formula is C20H23NO6. The van der Waals surface area contributed by atoms with E-state index in [1.165, 1.54) is 38.4 Å². The molecule has 2 aromatic rings. The Hall–Kier alpha value is -3.22. The molecule has 0 radical (unpaired) electrons. The van der Waals surface area contributed by atoms with Gasteiger partial charge in [-0.1, -0.05) is 30.3 Å². The molecule has 0 saturated heterocycles. The van der Waals surface area contributed by atoms with Crippen molar-refractivity contribution in [2.75, 3.05) is 34.4 Å². The van der Waals surface area contributed by atoms with Crippen LogP contribution in [0.1, 0.15) is 15.9 Å². The summed E-state index contributed by atoms with van der Waals surface area (Å²) in [6.07, 6.45) is 0.546. The Balaban J connectivity index is 2.29. The van der Waals surface area contributed by atoms with E-state index in [1.807, 2.05) is 30.3 Å². The van der Waals surface area contributed by atoms with E-state index in [0.29, 0.717) is 23.7 Å². The Morgan fingerprint density at radius 2 is 1.56 bits per heavy atom. The summed E-state index contributed by atoms with van der Waals surface area (Å²) in [6, 6.07) is 12.6. The van der Waals surface area contributed by atoms with Gasteiger partial charge in [0.1, 0.15) is 6.54 Å². The quantitative estimate of drug-likeness (QED) is 0.727. The first-order valence-corrected chi connectivity index (χ1v) is 8.35. The van der Waals surface area contributed by atoms with Crippen LogP contribution in [0.4, 0.5) is 0 Å². The Morgan fingerprint density at radius 1 is 0.963 bits per heavy atom. The molecule has 0 heterocycles. The SMILES string of the molecule is COc1cc(C(=O)N(CCc2ccccc2)CC(=O)O)cc(OC)c1OC. The van der Waals surface area contributed by atoms with Gasteiger partial charge in [0.25, 0.3) is 5.91 Å². The van der Waals surface area contributed by atoms with Gasteiger partial charge in [-0.25, -0.2) is 0 Å². The highest BCUT2D eigenvalue weighted by molar-refractivity contribution is 5.97. The number of carbonyl (C=O) groups excluding carboxylic acids is 1. The lowest BCUT2D eigenvalue weighted by molar-refractivity contribution is -0.137. The lowest BCUT2D eigenvalue weighted by Gasteiger charge is -2.22. The van der Waals surface area contributed by atoms with Crippen molar-refractivity contribution >= 4 is 11.9 Å². The van der Waals surface area contributed by atoms with E-state index >= 15 is 0 Å². The minimum atomic E-state index is -1.08. The molecule has 0 atom stereocenters. The number of nitrogens with zero attached hydrogens (tertiary/aromatic N) is 1. The first-order valence-electron chi connectivity index (χ1n) is 8.35. The van der Waals surface area contributed by atoms with Crippen LogP contribution in [0.25, 0.3) is 0 Å². The fourth-order valence-corrected chi connectivity index (χ4v) is 2.71. The van der Waals surface area contributed by atoms with E-state index in [-0.39, 0.29) is 12.1 Å². The third-order valence-corrected chi connectivity index (χ3v) is 4.04. The molecular weight excluding hydrogens is 350 g/mol. The molecule has 0 bridgehead atoms. The average molecular weight is 373 g/mol. The molecule has 27 heavy (non-hydrogen) atoms. The Morgan fingerprint density at radius 3 is 2.04 bits per heavy atom. The van der Waals surface area contributed by atoms with Crippen molar-refractivity contribution in [1.29, 1.82) is 0 Å². The molecule has 1 N–H and O–H groups in total. The maximum absolute atomic E-state index is 12.9. The molecule has 1 amide bonds. The summed E-state index contributed by atoms with van der Waals surface area (Å²) in [4.78, 5) is 25.5. The fourth-order valence-electron chi connectivity index (χ4n) is 2.71. The van der Waals surface area contributed by atoms with Crippen molar-refractivity contribution in [2.45, 2.75) is 6.42 Å². The third-order valence-electron chi connectivity index (χ3n) is 4.04. The van der Waals surface area contributed by atoms with Gasteiger partial charge < -0.3 is 24.2 Å². The zero-order valence-corrected chi connectivity index (χ0v) is 15.6. The van der Waals surface area contributed by atoms with Gasteiger partial charge in [0.05, 0.1) is 21.3 Å². The second-order valence-electron chi connectivity index (χ2n) is 5.77. The summed E-state index contributed by atoms with van der Waals surface area (Å²) < 4.78 is 15.8. The van der Waals surface area contributed by atoms with E-state index in [4.69, 9.17) is 14.2 Å². The van der Waals surface area contributed by atoms with Crippen LogP contribution in [0.3, 0.4) is 0 Å². The maximum Gasteiger partial charge on any atom is 0.323 e. The molecule has 0 spiro atoms. The highest BCUT2D eigenvalue weighted by atomic mass is 16.5. The van der Waals surface area contributed by atoms with Gasteiger partial charge in [0, 0.05) is 12.1 Å². The van der Waals surface area contributed by atoms with E-state index in [1.54, 1.807) is 0 Å². The van der Waals surface area contributed by atoms with E-state index < -0.39 is 18.4 Å². The molecule has 2 aromatic carbocycles. The molecule has 0 saturated carbocycles. The van der Waals surface area contributed by atoms with Crippen LogP contribution < -0.4 is 14.2 Å².